The SMILES string of the molecule is CC1(C)CC(=O)NN1C(c1cccc2cc(C#N)ccc12)C(F)(F)F. The van der Waals surface area contributed by atoms with Crippen molar-refractivity contribution in [3.05, 3.63) is 47.5 Å². The summed E-state index contributed by atoms with van der Waals surface area (Å²) in [5.74, 6) is -0.439. The molecule has 0 radical (unpaired) electrons. The molecule has 0 bridgehead atoms. The Bertz CT molecular complexity index is 883. The number of halogens is 3. The summed E-state index contributed by atoms with van der Waals surface area (Å²) in [7, 11) is 0. The van der Waals surface area contributed by atoms with Gasteiger partial charge in [-0.05, 0) is 42.3 Å². The van der Waals surface area contributed by atoms with Gasteiger partial charge in [-0.2, -0.15) is 23.4 Å². The van der Waals surface area contributed by atoms with Crippen LogP contribution in [-0.2, 0) is 4.79 Å². The van der Waals surface area contributed by atoms with Crippen molar-refractivity contribution in [2.45, 2.75) is 38.0 Å². The average Bonchev–Trinajstić information content (AvgIpc) is 2.78. The van der Waals surface area contributed by atoms with Crippen LogP contribution < -0.4 is 5.43 Å². The van der Waals surface area contributed by atoms with Gasteiger partial charge in [0.2, 0.25) is 5.91 Å². The van der Waals surface area contributed by atoms with E-state index in [1.54, 1.807) is 26.0 Å². The summed E-state index contributed by atoms with van der Waals surface area (Å²) in [6.07, 6.45) is -4.60. The number of rotatable bonds is 2. The molecule has 7 heteroatoms. The number of hydrogen-bond acceptors (Lipinski definition) is 3. The zero-order chi connectivity index (χ0) is 18.4. The highest BCUT2D eigenvalue weighted by atomic mass is 19.4. The summed E-state index contributed by atoms with van der Waals surface area (Å²) in [6, 6.07) is 9.18. The van der Waals surface area contributed by atoms with Crippen molar-refractivity contribution in [3.8, 4) is 6.07 Å². The predicted molar refractivity (Wildman–Crippen MR) is 86.1 cm³/mol. The minimum absolute atomic E-state index is 0.0110. The van der Waals surface area contributed by atoms with Gasteiger partial charge in [-0.25, -0.2) is 0 Å². The summed E-state index contributed by atoms with van der Waals surface area (Å²) >= 11 is 0. The second kappa shape index (κ2) is 5.74. The number of hydrogen-bond donors (Lipinski definition) is 1. The number of nitriles is 1. The van der Waals surface area contributed by atoms with Gasteiger partial charge in [0.05, 0.1) is 11.6 Å². The summed E-state index contributed by atoms with van der Waals surface area (Å²) in [6.45, 7) is 3.20. The van der Waals surface area contributed by atoms with Crippen LogP contribution in [0.1, 0.15) is 37.4 Å². The molecule has 1 heterocycles. The maximum absolute atomic E-state index is 14.0. The number of nitrogens with one attached hydrogen (secondary N) is 1. The maximum atomic E-state index is 14.0. The Kier molecular flexibility index (Phi) is 3.96. The first-order chi connectivity index (χ1) is 11.6. The van der Waals surface area contributed by atoms with Gasteiger partial charge in [-0.3, -0.25) is 10.2 Å². The van der Waals surface area contributed by atoms with Gasteiger partial charge in [-0.1, -0.05) is 24.3 Å². The summed E-state index contributed by atoms with van der Waals surface area (Å²) < 4.78 is 41.9. The number of amides is 1. The van der Waals surface area contributed by atoms with E-state index in [0.29, 0.717) is 16.3 Å². The zero-order valence-electron chi connectivity index (χ0n) is 13.7. The standard InChI is InChI=1S/C18H16F3N3O/c1-17(2)9-15(25)23-24(17)16(18(19,20)21)14-5-3-4-12-8-11(10-22)6-7-13(12)14/h3-8,16H,9H2,1-2H3,(H,23,25). The van der Waals surface area contributed by atoms with Crippen LogP contribution in [0.25, 0.3) is 10.8 Å². The Labute approximate surface area is 142 Å². The number of alkyl halides is 3. The highest BCUT2D eigenvalue weighted by Crippen LogP contribution is 2.44. The molecule has 0 aliphatic carbocycles. The van der Waals surface area contributed by atoms with Gasteiger partial charge in [-0.15, -0.1) is 0 Å². The second-order valence-electron chi connectivity index (χ2n) is 6.73. The minimum Gasteiger partial charge on any atom is -0.287 e. The Morgan fingerprint density at radius 1 is 1.28 bits per heavy atom. The number of hydrazine groups is 1. The molecule has 1 aliphatic heterocycles. The molecule has 25 heavy (non-hydrogen) atoms. The molecule has 130 valence electrons. The van der Waals surface area contributed by atoms with Gasteiger partial charge in [0, 0.05) is 12.0 Å². The summed E-state index contributed by atoms with van der Waals surface area (Å²) in [5.41, 5.74) is 1.80. The number of carbonyl (C=O) groups excluding carboxylic acids is 1. The monoisotopic (exact) mass is 347 g/mol. The Morgan fingerprint density at radius 3 is 2.56 bits per heavy atom. The molecule has 1 unspecified atom stereocenters. The normalized spacial score (nSPS) is 18.8. The van der Waals surface area contributed by atoms with Crippen molar-refractivity contribution in [1.82, 2.24) is 10.4 Å². The van der Waals surface area contributed by atoms with Crippen molar-refractivity contribution < 1.29 is 18.0 Å². The third-order valence-electron chi connectivity index (χ3n) is 4.40. The van der Waals surface area contributed by atoms with Crippen molar-refractivity contribution in [2.24, 2.45) is 0 Å². The van der Waals surface area contributed by atoms with Crippen LogP contribution in [-0.4, -0.2) is 22.6 Å². The molecular formula is C18H16F3N3O. The molecule has 1 saturated heterocycles. The van der Waals surface area contributed by atoms with Crippen LogP contribution >= 0.6 is 0 Å². The van der Waals surface area contributed by atoms with E-state index in [1.807, 2.05) is 6.07 Å². The van der Waals surface area contributed by atoms with Crippen molar-refractivity contribution in [1.29, 1.82) is 5.26 Å². The smallest absolute Gasteiger partial charge is 0.287 e. The predicted octanol–water partition coefficient (Wildman–Crippen LogP) is 3.83. The fraction of sp³-hybridized carbons (Fsp3) is 0.333. The highest BCUT2D eigenvalue weighted by molar-refractivity contribution is 5.87. The fourth-order valence-electron chi connectivity index (χ4n) is 3.30. The van der Waals surface area contributed by atoms with E-state index < -0.39 is 23.7 Å². The average molecular weight is 347 g/mol. The summed E-state index contributed by atoms with van der Waals surface area (Å²) in [4.78, 5) is 11.7. The van der Waals surface area contributed by atoms with Crippen molar-refractivity contribution >= 4 is 16.7 Å². The van der Waals surface area contributed by atoms with E-state index in [4.69, 9.17) is 5.26 Å². The molecule has 1 amide bonds. The lowest BCUT2D eigenvalue weighted by atomic mass is 9.93. The fourth-order valence-corrected chi connectivity index (χ4v) is 3.30. The van der Waals surface area contributed by atoms with E-state index >= 15 is 0 Å². The number of carbonyl (C=O) groups is 1. The molecule has 0 spiro atoms. The molecular weight excluding hydrogens is 331 g/mol. The lowest BCUT2D eigenvalue weighted by Gasteiger charge is -2.38. The van der Waals surface area contributed by atoms with Crippen LogP contribution in [0.15, 0.2) is 36.4 Å². The Hall–Kier alpha value is -2.59. The largest absolute Gasteiger partial charge is 0.409 e. The quantitative estimate of drug-likeness (QED) is 0.898. The highest BCUT2D eigenvalue weighted by Gasteiger charge is 2.53. The summed E-state index contributed by atoms with van der Waals surface area (Å²) in [5, 5.41) is 10.9. The molecule has 1 N–H and O–H groups in total. The van der Waals surface area contributed by atoms with E-state index in [2.05, 4.69) is 5.43 Å². The Morgan fingerprint density at radius 2 is 2.00 bits per heavy atom. The third-order valence-corrected chi connectivity index (χ3v) is 4.40. The first-order valence-corrected chi connectivity index (χ1v) is 7.72. The molecule has 4 nitrogen and oxygen atoms in total. The van der Waals surface area contributed by atoms with Crippen molar-refractivity contribution in [2.75, 3.05) is 0 Å². The van der Waals surface area contributed by atoms with Gasteiger partial charge in [0.1, 0.15) is 0 Å². The topological polar surface area (TPSA) is 56.1 Å². The van der Waals surface area contributed by atoms with Gasteiger partial charge >= 0.3 is 6.18 Å². The zero-order valence-corrected chi connectivity index (χ0v) is 13.7. The number of fused-ring (bicyclic) bond motifs is 1. The van der Waals surface area contributed by atoms with E-state index in [1.165, 1.54) is 24.3 Å². The van der Waals surface area contributed by atoms with Crippen molar-refractivity contribution in [3.63, 3.8) is 0 Å². The molecule has 2 aromatic rings. The van der Waals surface area contributed by atoms with Gasteiger partial charge in [0.25, 0.3) is 0 Å². The van der Waals surface area contributed by atoms with E-state index in [0.717, 1.165) is 5.01 Å². The molecule has 0 saturated carbocycles. The molecule has 1 atom stereocenters. The molecule has 0 aromatic heterocycles. The van der Waals surface area contributed by atoms with Crippen LogP contribution in [0.4, 0.5) is 13.2 Å². The Balaban J connectivity index is 2.20. The van der Waals surface area contributed by atoms with Crippen LogP contribution in [0.3, 0.4) is 0 Å². The lowest BCUT2D eigenvalue weighted by molar-refractivity contribution is -0.203. The first kappa shape index (κ1) is 17.2. The van der Waals surface area contributed by atoms with E-state index in [-0.39, 0.29) is 12.0 Å². The molecule has 1 aliphatic rings. The van der Waals surface area contributed by atoms with Crippen LogP contribution in [0.2, 0.25) is 0 Å². The lowest BCUT2D eigenvalue weighted by Crippen LogP contribution is -2.51. The third kappa shape index (κ3) is 3.05. The van der Waals surface area contributed by atoms with Gasteiger partial charge in [0.15, 0.2) is 6.04 Å². The van der Waals surface area contributed by atoms with Crippen LogP contribution in [0.5, 0.6) is 0 Å². The molecule has 3 rings (SSSR count). The first-order valence-electron chi connectivity index (χ1n) is 7.72. The van der Waals surface area contributed by atoms with Gasteiger partial charge < -0.3 is 0 Å². The maximum Gasteiger partial charge on any atom is 0.409 e. The number of benzene rings is 2. The number of nitrogens with zero attached hydrogens (tertiary/aromatic N) is 2. The molecule has 1 fully saturated rings. The second-order valence-corrected chi connectivity index (χ2v) is 6.73. The van der Waals surface area contributed by atoms with E-state index in [9.17, 15) is 18.0 Å². The van der Waals surface area contributed by atoms with Crippen LogP contribution in [0, 0.1) is 11.3 Å². The minimum atomic E-state index is -4.59. The molecule has 2 aromatic carbocycles.